The molecule has 1 unspecified atom stereocenters. The van der Waals surface area contributed by atoms with Gasteiger partial charge in [-0.2, -0.15) is 0 Å². The number of para-hydroxylation sites is 1. The Morgan fingerprint density at radius 2 is 1.89 bits per heavy atom. The standard InChI is InChI=1S/C23H28N2O3/c1-2-22(26)25-13-7-10-20(16-25)23(27)24-15-18-8-6-9-19(14-18)17-28-21-11-4-3-5-12-21/h3-6,8-9,11-12,14,20H,2,7,10,13,15-17H2,1H3,(H,24,27). The largest absolute Gasteiger partial charge is 0.489 e. The van der Waals surface area contributed by atoms with E-state index in [-0.39, 0.29) is 17.7 Å². The molecular formula is C23H28N2O3. The second-order valence-corrected chi connectivity index (χ2v) is 7.17. The monoisotopic (exact) mass is 380 g/mol. The average molecular weight is 380 g/mol. The molecule has 0 aromatic heterocycles. The first-order valence-electron chi connectivity index (χ1n) is 9.97. The van der Waals surface area contributed by atoms with Crippen LogP contribution >= 0.6 is 0 Å². The zero-order chi connectivity index (χ0) is 19.8. The van der Waals surface area contributed by atoms with Crippen LogP contribution in [0.25, 0.3) is 0 Å². The van der Waals surface area contributed by atoms with Crippen LogP contribution in [0.5, 0.6) is 5.75 Å². The molecule has 1 aliphatic heterocycles. The Morgan fingerprint density at radius 1 is 1.11 bits per heavy atom. The summed E-state index contributed by atoms with van der Waals surface area (Å²) in [5.74, 6) is 0.877. The van der Waals surface area contributed by atoms with E-state index in [0.29, 0.717) is 26.1 Å². The molecule has 28 heavy (non-hydrogen) atoms. The summed E-state index contributed by atoms with van der Waals surface area (Å²) < 4.78 is 5.79. The summed E-state index contributed by atoms with van der Waals surface area (Å²) in [5, 5.41) is 3.03. The molecule has 148 valence electrons. The highest BCUT2D eigenvalue weighted by atomic mass is 16.5. The number of piperidine rings is 1. The van der Waals surface area contributed by atoms with Gasteiger partial charge in [0.05, 0.1) is 5.92 Å². The molecule has 1 heterocycles. The number of ether oxygens (including phenoxy) is 1. The molecule has 0 radical (unpaired) electrons. The van der Waals surface area contributed by atoms with Gasteiger partial charge in [0, 0.05) is 26.1 Å². The van der Waals surface area contributed by atoms with E-state index in [2.05, 4.69) is 11.4 Å². The van der Waals surface area contributed by atoms with Gasteiger partial charge in [-0.1, -0.05) is 49.4 Å². The van der Waals surface area contributed by atoms with Crippen molar-refractivity contribution in [1.29, 1.82) is 0 Å². The Bertz CT molecular complexity index is 791. The summed E-state index contributed by atoms with van der Waals surface area (Å²) in [7, 11) is 0. The third-order valence-corrected chi connectivity index (χ3v) is 5.05. The minimum Gasteiger partial charge on any atom is -0.489 e. The van der Waals surface area contributed by atoms with Crippen molar-refractivity contribution < 1.29 is 14.3 Å². The summed E-state index contributed by atoms with van der Waals surface area (Å²) >= 11 is 0. The summed E-state index contributed by atoms with van der Waals surface area (Å²) in [6, 6.07) is 17.8. The summed E-state index contributed by atoms with van der Waals surface area (Å²) in [5.41, 5.74) is 2.10. The molecule has 2 amide bonds. The fourth-order valence-electron chi connectivity index (χ4n) is 3.49. The molecule has 0 spiro atoms. The lowest BCUT2D eigenvalue weighted by atomic mass is 9.96. The molecule has 1 fully saturated rings. The van der Waals surface area contributed by atoms with Crippen molar-refractivity contribution in [2.24, 2.45) is 5.92 Å². The van der Waals surface area contributed by atoms with Crippen molar-refractivity contribution in [1.82, 2.24) is 10.2 Å². The third-order valence-electron chi connectivity index (χ3n) is 5.05. The van der Waals surface area contributed by atoms with Crippen molar-refractivity contribution >= 4 is 11.8 Å². The van der Waals surface area contributed by atoms with Gasteiger partial charge in [-0.3, -0.25) is 9.59 Å². The van der Waals surface area contributed by atoms with E-state index >= 15 is 0 Å². The van der Waals surface area contributed by atoms with Gasteiger partial charge in [-0.15, -0.1) is 0 Å². The first-order valence-corrected chi connectivity index (χ1v) is 9.97. The molecule has 5 nitrogen and oxygen atoms in total. The van der Waals surface area contributed by atoms with Crippen molar-refractivity contribution in [2.75, 3.05) is 13.1 Å². The lowest BCUT2D eigenvalue weighted by molar-refractivity contribution is -0.135. The zero-order valence-corrected chi connectivity index (χ0v) is 16.4. The number of hydrogen-bond acceptors (Lipinski definition) is 3. The fraction of sp³-hybridized carbons (Fsp3) is 0.391. The Kier molecular flexibility index (Phi) is 7.06. The molecule has 1 saturated heterocycles. The van der Waals surface area contributed by atoms with Crippen LogP contribution < -0.4 is 10.1 Å². The van der Waals surface area contributed by atoms with Gasteiger partial charge in [-0.05, 0) is 36.1 Å². The minimum atomic E-state index is -0.117. The number of carbonyl (C=O) groups excluding carboxylic acids is 2. The van der Waals surface area contributed by atoms with Crippen molar-refractivity contribution in [3.63, 3.8) is 0 Å². The predicted octanol–water partition coefficient (Wildman–Crippen LogP) is 3.53. The van der Waals surface area contributed by atoms with Crippen LogP contribution in [0.15, 0.2) is 54.6 Å². The molecular weight excluding hydrogens is 352 g/mol. The zero-order valence-electron chi connectivity index (χ0n) is 16.4. The van der Waals surface area contributed by atoms with Gasteiger partial charge in [0.1, 0.15) is 12.4 Å². The highest BCUT2D eigenvalue weighted by molar-refractivity contribution is 5.81. The summed E-state index contributed by atoms with van der Waals surface area (Å²) in [6.45, 7) is 4.13. The molecule has 0 bridgehead atoms. The van der Waals surface area contributed by atoms with Crippen molar-refractivity contribution in [3.8, 4) is 5.75 Å². The van der Waals surface area contributed by atoms with Gasteiger partial charge in [-0.25, -0.2) is 0 Å². The number of hydrogen-bond donors (Lipinski definition) is 1. The Morgan fingerprint density at radius 3 is 2.68 bits per heavy atom. The topological polar surface area (TPSA) is 58.6 Å². The van der Waals surface area contributed by atoms with E-state index in [0.717, 1.165) is 36.3 Å². The normalized spacial score (nSPS) is 16.5. The van der Waals surface area contributed by atoms with E-state index in [4.69, 9.17) is 4.74 Å². The predicted molar refractivity (Wildman–Crippen MR) is 109 cm³/mol. The minimum absolute atomic E-state index is 0.0274. The highest BCUT2D eigenvalue weighted by Gasteiger charge is 2.27. The van der Waals surface area contributed by atoms with Crippen LogP contribution in [0.3, 0.4) is 0 Å². The number of nitrogens with zero attached hydrogens (tertiary/aromatic N) is 1. The Labute approximate surface area is 166 Å². The first-order chi connectivity index (χ1) is 13.7. The van der Waals surface area contributed by atoms with E-state index in [9.17, 15) is 9.59 Å². The molecule has 0 aliphatic carbocycles. The van der Waals surface area contributed by atoms with Gasteiger partial charge >= 0.3 is 0 Å². The molecule has 1 N–H and O–H groups in total. The quantitative estimate of drug-likeness (QED) is 0.799. The number of benzene rings is 2. The van der Waals surface area contributed by atoms with Gasteiger partial charge in [0.25, 0.3) is 0 Å². The smallest absolute Gasteiger partial charge is 0.225 e. The van der Waals surface area contributed by atoms with E-state index in [1.165, 1.54) is 0 Å². The van der Waals surface area contributed by atoms with Gasteiger partial charge in [0.15, 0.2) is 0 Å². The second-order valence-electron chi connectivity index (χ2n) is 7.17. The molecule has 2 aromatic rings. The van der Waals surface area contributed by atoms with Crippen molar-refractivity contribution in [3.05, 3.63) is 65.7 Å². The number of carbonyl (C=O) groups is 2. The number of nitrogens with one attached hydrogen (secondary N) is 1. The molecule has 1 atom stereocenters. The maximum absolute atomic E-state index is 12.5. The van der Waals surface area contributed by atoms with Crippen molar-refractivity contribution in [2.45, 2.75) is 39.3 Å². The van der Waals surface area contributed by atoms with Crippen LogP contribution in [0.4, 0.5) is 0 Å². The highest BCUT2D eigenvalue weighted by Crippen LogP contribution is 2.18. The third kappa shape index (κ3) is 5.59. The molecule has 3 rings (SSSR count). The lowest BCUT2D eigenvalue weighted by Gasteiger charge is -2.32. The van der Waals surface area contributed by atoms with Gasteiger partial charge < -0.3 is 15.0 Å². The van der Waals surface area contributed by atoms with E-state index < -0.39 is 0 Å². The van der Waals surface area contributed by atoms with Crippen LogP contribution in [-0.4, -0.2) is 29.8 Å². The van der Waals surface area contributed by atoms with Crippen LogP contribution in [0, 0.1) is 5.92 Å². The lowest BCUT2D eigenvalue weighted by Crippen LogP contribution is -2.45. The molecule has 5 heteroatoms. The Balaban J connectivity index is 1.50. The van der Waals surface area contributed by atoms with Crippen LogP contribution in [-0.2, 0) is 22.7 Å². The van der Waals surface area contributed by atoms with E-state index in [1.807, 2.05) is 60.4 Å². The maximum atomic E-state index is 12.5. The summed E-state index contributed by atoms with van der Waals surface area (Å²) in [6.07, 6.45) is 2.21. The summed E-state index contributed by atoms with van der Waals surface area (Å²) in [4.78, 5) is 26.3. The number of likely N-dealkylation sites (tertiary alicyclic amines) is 1. The van der Waals surface area contributed by atoms with Crippen LogP contribution in [0.2, 0.25) is 0 Å². The van der Waals surface area contributed by atoms with Gasteiger partial charge in [0.2, 0.25) is 11.8 Å². The molecule has 2 aromatic carbocycles. The number of amides is 2. The number of rotatable bonds is 7. The second kappa shape index (κ2) is 9.93. The average Bonchev–Trinajstić information content (AvgIpc) is 2.76. The fourth-order valence-corrected chi connectivity index (χ4v) is 3.49. The van der Waals surface area contributed by atoms with E-state index in [1.54, 1.807) is 0 Å². The van der Waals surface area contributed by atoms with Crippen LogP contribution in [0.1, 0.15) is 37.3 Å². The Hall–Kier alpha value is -2.82. The molecule has 1 aliphatic rings. The first kappa shape index (κ1) is 19.9. The maximum Gasteiger partial charge on any atom is 0.225 e. The molecule has 0 saturated carbocycles. The SMILES string of the molecule is CCC(=O)N1CCCC(C(=O)NCc2cccc(COc3ccccc3)c2)C1.